The van der Waals surface area contributed by atoms with Crippen LogP contribution in [0.2, 0.25) is 5.02 Å². The van der Waals surface area contributed by atoms with Crippen molar-refractivity contribution in [3.63, 3.8) is 0 Å². The van der Waals surface area contributed by atoms with Gasteiger partial charge in [0.15, 0.2) is 0 Å². The van der Waals surface area contributed by atoms with Gasteiger partial charge in [0.25, 0.3) is 5.91 Å². The van der Waals surface area contributed by atoms with Crippen LogP contribution in [0.4, 0.5) is 0 Å². The highest BCUT2D eigenvalue weighted by Gasteiger charge is 2.26. The van der Waals surface area contributed by atoms with Gasteiger partial charge >= 0.3 is 0 Å². The molecular formula is C11H10ClNO2S. The highest BCUT2D eigenvalue weighted by atomic mass is 35.5. The minimum Gasteiger partial charge on any atom is -0.341 e. The van der Waals surface area contributed by atoms with Crippen molar-refractivity contribution in [2.75, 3.05) is 5.75 Å². The van der Waals surface area contributed by atoms with Crippen LogP contribution in [0.5, 0.6) is 0 Å². The van der Waals surface area contributed by atoms with Gasteiger partial charge in [-0.05, 0) is 30.7 Å². The molecule has 16 heavy (non-hydrogen) atoms. The number of hydrogen-bond acceptors (Lipinski definition) is 3. The van der Waals surface area contributed by atoms with Gasteiger partial charge in [-0.15, -0.1) is 0 Å². The van der Waals surface area contributed by atoms with Crippen molar-refractivity contribution in [1.82, 2.24) is 5.32 Å². The molecule has 0 bridgehead atoms. The number of carbonyl (C=O) groups is 2. The lowest BCUT2D eigenvalue weighted by atomic mass is 10.2. The van der Waals surface area contributed by atoms with E-state index in [0.29, 0.717) is 17.0 Å². The van der Waals surface area contributed by atoms with Gasteiger partial charge in [-0.1, -0.05) is 23.4 Å². The van der Waals surface area contributed by atoms with Crippen LogP contribution >= 0.6 is 23.4 Å². The van der Waals surface area contributed by atoms with Crippen molar-refractivity contribution in [1.29, 1.82) is 0 Å². The minimum absolute atomic E-state index is 0.0438. The molecule has 1 aliphatic heterocycles. The van der Waals surface area contributed by atoms with E-state index in [-0.39, 0.29) is 17.1 Å². The molecule has 84 valence electrons. The Hall–Kier alpha value is -1.00. The summed E-state index contributed by atoms with van der Waals surface area (Å²) in [5, 5.41) is 3.34. The van der Waals surface area contributed by atoms with Crippen LogP contribution < -0.4 is 5.32 Å². The molecule has 0 spiro atoms. The Balaban J connectivity index is 2.02. The average molecular weight is 256 g/mol. The number of benzene rings is 1. The number of rotatable bonds is 2. The second kappa shape index (κ2) is 4.89. The van der Waals surface area contributed by atoms with Crippen LogP contribution in [0.25, 0.3) is 0 Å². The van der Waals surface area contributed by atoms with Gasteiger partial charge in [0.1, 0.15) is 0 Å². The largest absolute Gasteiger partial charge is 0.341 e. The van der Waals surface area contributed by atoms with Gasteiger partial charge < -0.3 is 5.32 Å². The molecule has 1 fully saturated rings. The van der Waals surface area contributed by atoms with E-state index in [4.69, 9.17) is 11.6 Å². The van der Waals surface area contributed by atoms with E-state index in [1.165, 1.54) is 11.8 Å². The zero-order chi connectivity index (χ0) is 11.5. The molecule has 0 aromatic heterocycles. The van der Waals surface area contributed by atoms with Gasteiger partial charge in [-0.25, -0.2) is 0 Å². The normalized spacial score (nSPS) is 19.8. The summed E-state index contributed by atoms with van der Waals surface area (Å²) in [6.45, 7) is 0. The van der Waals surface area contributed by atoms with Gasteiger partial charge in [0.2, 0.25) is 5.12 Å². The van der Waals surface area contributed by atoms with Crippen molar-refractivity contribution in [3.8, 4) is 0 Å². The number of thioether (sulfide) groups is 1. The molecule has 2 rings (SSSR count). The summed E-state index contributed by atoms with van der Waals surface area (Å²) in [4.78, 5) is 23.1. The molecule has 0 aliphatic carbocycles. The van der Waals surface area contributed by atoms with Crippen LogP contribution in [0, 0.1) is 0 Å². The molecule has 3 nitrogen and oxygen atoms in total. The lowest BCUT2D eigenvalue weighted by molar-refractivity contribution is -0.112. The van der Waals surface area contributed by atoms with Crippen LogP contribution in [-0.2, 0) is 4.79 Å². The first-order chi connectivity index (χ1) is 7.66. The van der Waals surface area contributed by atoms with E-state index in [9.17, 15) is 9.59 Å². The van der Waals surface area contributed by atoms with Gasteiger partial charge in [0.05, 0.1) is 6.04 Å². The van der Waals surface area contributed by atoms with Crippen molar-refractivity contribution >= 4 is 34.4 Å². The molecule has 5 heteroatoms. The number of carbonyl (C=O) groups excluding carboxylic acids is 2. The molecule has 0 unspecified atom stereocenters. The molecule has 0 radical (unpaired) electrons. The summed E-state index contributed by atoms with van der Waals surface area (Å²) in [7, 11) is 0. The number of halogens is 1. The van der Waals surface area contributed by atoms with Gasteiger partial charge in [-0.3, -0.25) is 9.59 Å². The first-order valence-corrected chi connectivity index (χ1v) is 6.26. The minimum atomic E-state index is -0.340. The second-order valence-electron chi connectivity index (χ2n) is 3.49. The third-order valence-corrected chi connectivity index (χ3v) is 3.61. The fraction of sp³-hybridized carbons (Fsp3) is 0.273. The first kappa shape index (κ1) is 11.5. The zero-order valence-corrected chi connectivity index (χ0v) is 9.98. The Morgan fingerprint density at radius 2 is 2.06 bits per heavy atom. The fourth-order valence-corrected chi connectivity index (χ4v) is 2.53. The first-order valence-electron chi connectivity index (χ1n) is 4.90. The molecule has 1 N–H and O–H groups in total. The van der Waals surface area contributed by atoms with E-state index in [1.807, 2.05) is 0 Å². The van der Waals surface area contributed by atoms with Gasteiger partial charge in [-0.2, -0.15) is 0 Å². The Labute approximate surface area is 103 Å². The maximum atomic E-state index is 11.7. The molecule has 1 saturated heterocycles. The SMILES string of the molecule is O=C(N[C@@H]1CCSC1=O)c1ccc(Cl)cc1. The van der Waals surface area contributed by atoms with E-state index >= 15 is 0 Å². The number of amides is 1. The van der Waals surface area contributed by atoms with E-state index in [1.54, 1.807) is 24.3 Å². The molecule has 1 aromatic carbocycles. The van der Waals surface area contributed by atoms with E-state index in [0.717, 1.165) is 5.75 Å². The van der Waals surface area contributed by atoms with Crippen LogP contribution in [0.1, 0.15) is 16.8 Å². The second-order valence-corrected chi connectivity index (χ2v) is 5.02. The summed E-state index contributed by atoms with van der Waals surface area (Å²) in [5.41, 5.74) is 0.522. The maximum Gasteiger partial charge on any atom is 0.251 e. The Morgan fingerprint density at radius 1 is 1.38 bits per heavy atom. The van der Waals surface area contributed by atoms with E-state index in [2.05, 4.69) is 5.32 Å². The van der Waals surface area contributed by atoms with E-state index < -0.39 is 0 Å². The smallest absolute Gasteiger partial charge is 0.251 e. The van der Waals surface area contributed by atoms with Crippen molar-refractivity contribution in [2.45, 2.75) is 12.5 Å². The molecule has 1 atom stereocenters. The van der Waals surface area contributed by atoms with Crippen molar-refractivity contribution in [2.24, 2.45) is 0 Å². The maximum absolute atomic E-state index is 11.7. The average Bonchev–Trinajstić information content (AvgIpc) is 2.65. The third kappa shape index (κ3) is 2.57. The van der Waals surface area contributed by atoms with Crippen molar-refractivity contribution < 1.29 is 9.59 Å². The lowest BCUT2D eigenvalue weighted by Crippen LogP contribution is -2.37. The van der Waals surface area contributed by atoms with Crippen LogP contribution in [0.15, 0.2) is 24.3 Å². The molecule has 1 aliphatic rings. The molecular weight excluding hydrogens is 246 g/mol. The Kier molecular flexibility index (Phi) is 3.51. The topological polar surface area (TPSA) is 46.2 Å². The summed E-state index contributed by atoms with van der Waals surface area (Å²) >= 11 is 6.99. The quantitative estimate of drug-likeness (QED) is 0.880. The lowest BCUT2D eigenvalue weighted by Gasteiger charge is -2.09. The van der Waals surface area contributed by atoms with Crippen molar-refractivity contribution in [3.05, 3.63) is 34.9 Å². The predicted octanol–water partition coefficient (Wildman–Crippen LogP) is 2.10. The summed E-state index contributed by atoms with van der Waals surface area (Å²) in [6.07, 6.45) is 0.711. The molecule has 1 aromatic rings. The summed E-state index contributed by atoms with van der Waals surface area (Å²) in [6, 6.07) is 6.26. The highest BCUT2D eigenvalue weighted by molar-refractivity contribution is 8.14. The molecule has 1 heterocycles. The number of hydrogen-bond donors (Lipinski definition) is 1. The highest BCUT2D eigenvalue weighted by Crippen LogP contribution is 2.20. The monoisotopic (exact) mass is 255 g/mol. The summed E-state index contributed by atoms with van der Waals surface area (Å²) in [5.74, 6) is 0.558. The summed E-state index contributed by atoms with van der Waals surface area (Å²) < 4.78 is 0. The van der Waals surface area contributed by atoms with Crippen LogP contribution in [0.3, 0.4) is 0 Å². The Bertz CT molecular complexity index is 418. The van der Waals surface area contributed by atoms with Gasteiger partial charge in [0, 0.05) is 16.3 Å². The Morgan fingerprint density at radius 3 is 2.62 bits per heavy atom. The molecule has 0 saturated carbocycles. The zero-order valence-electron chi connectivity index (χ0n) is 8.40. The number of nitrogens with one attached hydrogen (secondary N) is 1. The predicted molar refractivity (Wildman–Crippen MR) is 64.8 cm³/mol. The third-order valence-electron chi connectivity index (χ3n) is 2.35. The van der Waals surface area contributed by atoms with Crippen LogP contribution in [-0.4, -0.2) is 22.8 Å². The fourth-order valence-electron chi connectivity index (χ4n) is 1.47. The molecule has 1 amide bonds. The standard InChI is InChI=1S/C11H10ClNO2S/c12-8-3-1-7(2-4-8)10(14)13-9-5-6-16-11(9)15/h1-4,9H,5-6H2,(H,13,14)/t9-/m1/s1.